The number of benzene rings is 2. The van der Waals surface area contributed by atoms with E-state index in [0.717, 1.165) is 16.5 Å². The van der Waals surface area contributed by atoms with Crippen LogP contribution in [0.2, 0.25) is 0 Å². The molecule has 0 atom stereocenters. The summed E-state index contributed by atoms with van der Waals surface area (Å²) in [5.41, 5.74) is 4.69. The molecule has 2 N–H and O–H groups in total. The summed E-state index contributed by atoms with van der Waals surface area (Å²) in [6.45, 7) is 0. The molecule has 0 fully saturated rings. The van der Waals surface area contributed by atoms with Crippen LogP contribution in [0.25, 0.3) is 10.9 Å². The van der Waals surface area contributed by atoms with E-state index in [-0.39, 0.29) is 5.75 Å². The van der Waals surface area contributed by atoms with E-state index in [0.29, 0.717) is 10.3 Å². The van der Waals surface area contributed by atoms with Gasteiger partial charge < -0.3 is 5.11 Å². The van der Waals surface area contributed by atoms with E-state index in [9.17, 15) is 5.11 Å². The highest BCUT2D eigenvalue weighted by atomic mass is 79.9. The van der Waals surface area contributed by atoms with Crippen LogP contribution in [0.15, 0.2) is 64.2 Å². The first-order valence-corrected chi connectivity index (χ1v) is 7.15. The van der Waals surface area contributed by atoms with Gasteiger partial charge in [-0.25, -0.2) is 4.98 Å². The van der Waals surface area contributed by atoms with Crippen molar-refractivity contribution in [1.29, 1.82) is 0 Å². The van der Waals surface area contributed by atoms with Gasteiger partial charge in [-0.2, -0.15) is 5.10 Å². The molecule has 0 saturated heterocycles. The number of hydrogen-bond donors (Lipinski definition) is 2. The summed E-state index contributed by atoms with van der Waals surface area (Å²) >= 11 is 3.27. The number of pyridine rings is 1. The van der Waals surface area contributed by atoms with Gasteiger partial charge in [-0.3, -0.25) is 5.43 Å². The van der Waals surface area contributed by atoms with Gasteiger partial charge in [0, 0.05) is 5.39 Å². The second-order valence-electron chi connectivity index (χ2n) is 4.47. The smallest absolute Gasteiger partial charge is 0.146 e. The Kier molecular flexibility index (Phi) is 3.83. The first-order chi connectivity index (χ1) is 10.2. The maximum Gasteiger partial charge on any atom is 0.146 e. The van der Waals surface area contributed by atoms with Crippen molar-refractivity contribution >= 4 is 38.9 Å². The zero-order valence-electron chi connectivity index (χ0n) is 11.0. The van der Waals surface area contributed by atoms with Gasteiger partial charge in [0.2, 0.25) is 0 Å². The average Bonchev–Trinajstić information content (AvgIpc) is 2.51. The first-order valence-electron chi connectivity index (χ1n) is 6.36. The fourth-order valence-corrected chi connectivity index (χ4v) is 2.30. The topological polar surface area (TPSA) is 57.5 Å². The minimum absolute atomic E-state index is 0.205. The van der Waals surface area contributed by atoms with Crippen LogP contribution in [0.5, 0.6) is 5.75 Å². The van der Waals surface area contributed by atoms with Crippen LogP contribution in [0.1, 0.15) is 5.56 Å². The number of nitrogens with zero attached hydrogens (tertiary/aromatic N) is 2. The third kappa shape index (κ3) is 3.20. The standard InChI is InChI=1S/C16H12BrN3O/c17-13-9-11(5-7-15(13)21)10-18-20-16-8-6-12-3-1-2-4-14(12)19-16/h1-10,21H,(H,19,20). The van der Waals surface area contributed by atoms with Gasteiger partial charge in [-0.05, 0) is 57.9 Å². The highest BCUT2D eigenvalue weighted by Crippen LogP contribution is 2.23. The van der Waals surface area contributed by atoms with Crippen molar-refractivity contribution in [1.82, 2.24) is 4.98 Å². The van der Waals surface area contributed by atoms with Crippen LogP contribution in [0.3, 0.4) is 0 Å². The quantitative estimate of drug-likeness (QED) is 0.555. The summed E-state index contributed by atoms with van der Waals surface area (Å²) in [7, 11) is 0. The molecule has 0 spiro atoms. The number of rotatable bonds is 3. The van der Waals surface area contributed by atoms with Crippen LogP contribution < -0.4 is 5.43 Å². The summed E-state index contributed by atoms with van der Waals surface area (Å²) < 4.78 is 0.635. The molecular formula is C16H12BrN3O. The molecule has 3 aromatic rings. The summed E-state index contributed by atoms with van der Waals surface area (Å²) in [4.78, 5) is 4.46. The number of halogens is 1. The summed E-state index contributed by atoms with van der Waals surface area (Å²) in [5, 5.41) is 14.7. The fraction of sp³-hybridized carbons (Fsp3) is 0. The molecule has 1 heterocycles. The van der Waals surface area contributed by atoms with E-state index in [1.54, 1.807) is 24.4 Å². The lowest BCUT2D eigenvalue weighted by molar-refractivity contribution is 0.472. The van der Waals surface area contributed by atoms with Gasteiger partial charge in [0.25, 0.3) is 0 Å². The number of para-hydroxylation sites is 1. The summed E-state index contributed by atoms with van der Waals surface area (Å²) in [6.07, 6.45) is 1.67. The van der Waals surface area contributed by atoms with Crippen molar-refractivity contribution in [3.05, 3.63) is 64.6 Å². The predicted octanol–water partition coefficient (Wildman–Crippen LogP) is 4.15. The minimum atomic E-state index is 0.205. The molecule has 0 radical (unpaired) electrons. The van der Waals surface area contributed by atoms with Gasteiger partial charge >= 0.3 is 0 Å². The Hall–Kier alpha value is -2.40. The molecule has 0 amide bonds. The van der Waals surface area contributed by atoms with Crippen LogP contribution in [-0.2, 0) is 0 Å². The molecule has 104 valence electrons. The number of aromatic nitrogens is 1. The summed E-state index contributed by atoms with van der Waals surface area (Å²) in [6, 6.07) is 17.0. The van der Waals surface area contributed by atoms with Crippen molar-refractivity contribution < 1.29 is 5.11 Å². The lowest BCUT2D eigenvalue weighted by atomic mass is 10.2. The average molecular weight is 342 g/mol. The maximum absolute atomic E-state index is 9.43. The SMILES string of the molecule is Oc1ccc(C=NNc2ccc3ccccc3n2)cc1Br. The molecule has 5 heteroatoms. The maximum atomic E-state index is 9.43. The Labute approximate surface area is 130 Å². The number of phenolic OH excluding ortho intramolecular Hbond substituents is 1. The molecule has 0 bridgehead atoms. The van der Waals surface area contributed by atoms with E-state index in [4.69, 9.17) is 0 Å². The number of anilines is 1. The molecule has 2 aromatic carbocycles. The number of hydrazone groups is 1. The van der Waals surface area contributed by atoms with Gasteiger partial charge in [-0.1, -0.05) is 18.2 Å². The second kappa shape index (κ2) is 5.93. The number of aromatic hydroxyl groups is 1. The lowest BCUT2D eigenvalue weighted by Crippen LogP contribution is -1.93. The van der Waals surface area contributed by atoms with Crippen LogP contribution in [0.4, 0.5) is 5.82 Å². The van der Waals surface area contributed by atoms with Crippen LogP contribution >= 0.6 is 15.9 Å². The number of phenols is 1. The Morgan fingerprint density at radius 2 is 1.95 bits per heavy atom. The van der Waals surface area contributed by atoms with Crippen molar-refractivity contribution in [2.75, 3.05) is 5.43 Å². The van der Waals surface area contributed by atoms with Gasteiger partial charge in [0.15, 0.2) is 0 Å². The molecule has 4 nitrogen and oxygen atoms in total. The van der Waals surface area contributed by atoms with E-state index in [2.05, 4.69) is 31.4 Å². The Bertz CT molecular complexity index is 817. The zero-order chi connectivity index (χ0) is 14.7. The molecule has 0 saturated carbocycles. The number of nitrogens with one attached hydrogen (secondary N) is 1. The predicted molar refractivity (Wildman–Crippen MR) is 88.8 cm³/mol. The van der Waals surface area contributed by atoms with Gasteiger partial charge in [0.05, 0.1) is 16.2 Å². The third-order valence-corrected chi connectivity index (χ3v) is 3.60. The second-order valence-corrected chi connectivity index (χ2v) is 5.32. The molecule has 0 aliphatic rings. The van der Waals surface area contributed by atoms with Crippen LogP contribution in [-0.4, -0.2) is 16.3 Å². The molecule has 0 unspecified atom stereocenters. The molecule has 21 heavy (non-hydrogen) atoms. The first kappa shape index (κ1) is 13.6. The van der Waals surface area contributed by atoms with E-state index >= 15 is 0 Å². The molecular weight excluding hydrogens is 330 g/mol. The number of hydrogen-bond acceptors (Lipinski definition) is 4. The van der Waals surface area contributed by atoms with Crippen molar-refractivity contribution in [2.24, 2.45) is 5.10 Å². The molecule has 0 aliphatic carbocycles. The molecule has 3 rings (SSSR count). The van der Waals surface area contributed by atoms with E-state index < -0.39 is 0 Å². The highest BCUT2D eigenvalue weighted by Gasteiger charge is 1.98. The minimum Gasteiger partial charge on any atom is -0.507 e. The largest absolute Gasteiger partial charge is 0.507 e. The van der Waals surface area contributed by atoms with Crippen LogP contribution in [0, 0.1) is 0 Å². The van der Waals surface area contributed by atoms with Gasteiger partial charge in [0.1, 0.15) is 11.6 Å². The molecule has 1 aromatic heterocycles. The lowest BCUT2D eigenvalue weighted by Gasteiger charge is -2.02. The zero-order valence-corrected chi connectivity index (χ0v) is 12.6. The number of fused-ring (bicyclic) bond motifs is 1. The molecule has 0 aliphatic heterocycles. The third-order valence-electron chi connectivity index (χ3n) is 2.96. The van der Waals surface area contributed by atoms with E-state index in [1.165, 1.54) is 0 Å². The van der Waals surface area contributed by atoms with Crippen molar-refractivity contribution in [3.8, 4) is 5.75 Å². The highest BCUT2D eigenvalue weighted by molar-refractivity contribution is 9.10. The van der Waals surface area contributed by atoms with Crippen molar-refractivity contribution in [3.63, 3.8) is 0 Å². The normalized spacial score (nSPS) is 11.1. The summed E-state index contributed by atoms with van der Waals surface area (Å²) in [5.74, 6) is 0.888. The Balaban J connectivity index is 1.76. The van der Waals surface area contributed by atoms with E-state index in [1.807, 2.05) is 36.4 Å². The Morgan fingerprint density at radius 3 is 2.81 bits per heavy atom. The van der Waals surface area contributed by atoms with Crippen molar-refractivity contribution in [2.45, 2.75) is 0 Å². The Morgan fingerprint density at radius 1 is 1.10 bits per heavy atom. The van der Waals surface area contributed by atoms with Gasteiger partial charge in [-0.15, -0.1) is 0 Å². The fourth-order valence-electron chi connectivity index (χ4n) is 1.90. The monoisotopic (exact) mass is 341 g/mol.